The summed E-state index contributed by atoms with van der Waals surface area (Å²) in [5.41, 5.74) is 0.394. The Hall–Kier alpha value is -2.97. The fraction of sp³-hybridized carbons (Fsp3) is 0. The van der Waals surface area contributed by atoms with E-state index in [1.165, 1.54) is 6.07 Å². The number of hydrogen-bond donors (Lipinski definition) is 0. The second-order valence-corrected chi connectivity index (χ2v) is 3.11. The van der Waals surface area contributed by atoms with Crippen LogP contribution in [0, 0.1) is 20.2 Å². The zero-order chi connectivity index (χ0) is 13.1. The van der Waals surface area contributed by atoms with Crippen LogP contribution in [0.1, 0.15) is 0 Å². The van der Waals surface area contributed by atoms with E-state index < -0.39 is 21.8 Å². The number of pyridine rings is 1. The molecule has 9 heteroatoms. The predicted molar refractivity (Wildman–Crippen MR) is 57.0 cm³/mol. The van der Waals surface area contributed by atoms with E-state index in [0.29, 0.717) is 10.9 Å². The number of nitrogens with zero attached hydrogens (tertiary/aromatic N) is 3. The summed E-state index contributed by atoms with van der Waals surface area (Å²) in [6.45, 7) is 0. The molecule has 1 heterocycles. The summed E-state index contributed by atoms with van der Waals surface area (Å²) in [6, 6.07) is 7.81. The molecule has 92 valence electrons. The fourth-order valence-electron chi connectivity index (χ4n) is 1.36. The quantitative estimate of drug-likeness (QED) is 0.594. The van der Waals surface area contributed by atoms with Gasteiger partial charge in [-0.25, -0.2) is 4.98 Å². The summed E-state index contributed by atoms with van der Waals surface area (Å²) in [6.07, 6.45) is 0. The molecule has 0 radical (unpaired) electrons. The van der Waals surface area contributed by atoms with E-state index in [2.05, 4.69) is 14.7 Å². The average molecular weight is 251 g/mol. The van der Waals surface area contributed by atoms with Crippen LogP contribution in [-0.4, -0.2) is 15.2 Å². The van der Waals surface area contributed by atoms with Crippen molar-refractivity contribution in [1.82, 2.24) is 4.98 Å². The van der Waals surface area contributed by atoms with Crippen LogP contribution >= 0.6 is 0 Å². The van der Waals surface area contributed by atoms with Crippen molar-refractivity contribution >= 4 is 10.9 Å². The minimum atomic E-state index is -1.12. The molecule has 0 saturated heterocycles. The maximum atomic E-state index is 10.3. The van der Waals surface area contributed by atoms with Gasteiger partial charge in [-0.05, 0) is 12.1 Å². The number of aromatic nitrogens is 1. The van der Waals surface area contributed by atoms with Gasteiger partial charge in [0.1, 0.15) is 0 Å². The zero-order valence-electron chi connectivity index (χ0n) is 8.68. The van der Waals surface area contributed by atoms with Crippen LogP contribution in [0.25, 0.3) is 10.9 Å². The molecule has 0 atom stereocenters. The summed E-state index contributed by atoms with van der Waals surface area (Å²) < 4.78 is 0. The monoisotopic (exact) mass is 251 g/mol. The van der Waals surface area contributed by atoms with Crippen LogP contribution in [0.3, 0.4) is 0 Å². The van der Waals surface area contributed by atoms with Crippen LogP contribution in [0.15, 0.2) is 30.3 Å². The summed E-state index contributed by atoms with van der Waals surface area (Å²) in [5.74, 6) is -1.01. The first-order valence-electron chi connectivity index (χ1n) is 4.61. The van der Waals surface area contributed by atoms with Gasteiger partial charge >= 0.3 is 5.09 Å². The van der Waals surface area contributed by atoms with E-state index in [1.807, 2.05) is 0 Å². The lowest BCUT2D eigenvalue weighted by Gasteiger charge is -2.06. The molecule has 0 N–H and O–H groups in total. The molecular weight excluding hydrogens is 246 g/mol. The van der Waals surface area contributed by atoms with Gasteiger partial charge in [-0.15, -0.1) is 20.2 Å². The Morgan fingerprint density at radius 1 is 1.06 bits per heavy atom. The predicted octanol–water partition coefficient (Wildman–Crippen LogP) is 1.38. The summed E-state index contributed by atoms with van der Waals surface area (Å²) in [7, 11) is 0. The molecule has 0 bridgehead atoms. The van der Waals surface area contributed by atoms with Gasteiger partial charge in [-0.2, -0.15) is 0 Å². The molecule has 1 aromatic carbocycles. The van der Waals surface area contributed by atoms with Crippen molar-refractivity contribution in [2.45, 2.75) is 0 Å². The highest BCUT2D eigenvalue weighted by molar-refractivity contribution is 5.80. The van der Waals surface area contributed by atoms with Crippen molar-refractivity contribution in [1.29, 1.82) is 0 Å². The van der Waals surface area contributed by atoms with Gasteiger partial charge in [0, 0.05) is 5.39 Å². The molecular formula is C9H5N3O6. The summed E-state index contributed by atoms with van der Waals surface area (Å²) in [5, 5.41) is 18.8. The van der Waals surface area contributed by atoms with Crippen molar-refractivity contribution in [3.8, 4) is 11.6 Å². The second kappa shape index (κ2) is 4.49. The molecule has 2 rings (SSSR count). The van der Waals surface area contributed by atoms with Crippen molar-refractivity contribution in [3.05, 3.63) is 50.6 Å². The molecule has 9 nitrogen and oxygen atoms in total. The lowest BCUT2D eigenvalue weighted by atomic mass is 10.2. The summed E-state index contributed by atoms with van der Waals surface area (Å²) >= 11 is 0. The van der Waals surface area contributed by atoms with E-state index in [9.17, 15) is 20.2 Å². The van der Waals surface area contributed by atoms with Gasteiger partial charge in [-0.3, -0.25) is 9.68 Å². The van der Waals surface area contributed by atoms with Crippen molar-refractivity contribution < 1.29 is 19.8 Å². The molecule has 0 unspecified atom stereocenters. The summed E-state index contributed by atoms with van der Waals surface area (Å²) in [4.78, 5) is 32.6. The first kappa shape index (κ1) is 11.5. The lowest BCUT2D eigenvalue weighted by Crippen LogP contribution is -2.10. The average Bonchev–Trinajstić information content (AvgIpc) is 2.28. The lowest BCUT2D eigenvalue weighted by molar-refractivity contribution is -0.722. The molecule has 2 aromatic rings. The molecule has 0 fully saturated rings. The van der Waals surface area contributed by atoms with Crippen molar-refractivity contribution in [2.75, 3.05) is 0 Å². The van der Waals surface area contributed by atoms with Gasteiger partial charge in [0.05, 0.1) is 5.52 Å². The van der Waals surface area contributed by atoms with Gasteiger partial charge in [0.15, 0.2) is 5.75 Å². The Kier molecular flexibility index (Phi) is 2.87. The maximum absolute atomic E-state index is 10.3. The largest absolute Gasteiger partial charge is 0.301 e. The second-order valence-electron chi connectivity index (χ2n) is 3.11. The zero-order valence-corrected chi connectivity index (χ0v) is 8.68. The number of hydrogen-bond acceptors (Lipinski definition) is 7. The first-order valence-corrected chi connectivity index (χ1v) is 4.61. The van der Waals surface area contributed by atoms with Gasteiger partial charge in [0.2, 0.25) is 5.88 Å². The van der Waals surface area contributed by atoms with Crippen LogP contribution < -0.4 is 9.68 Å². The Bertz CT molecular complexity index is 574. The van der Waals surface area contributed by atoms with Gasteiger partial charge in [0.25, 0.3) is 5.09 Å². The molecule has 0 aliphatic rings. The number of benzene rings is 1. The van der Waals surface area contributed by atoms with E-state index in [1.54, 1.807) is 24.3 Å². The standard InChI is InChI=1S/C9H5N3O6/c13-11(14)17-8-5-6-3-1-2-4-7(6)10-9(8)18-12(15)16/h1-5H. The number of rotatable bonds is 4. The Labute approximate surface area is 98.8 Å². The molecule has 0 saturated carbocycles. The Balaban J connectivity index is 2.55. The van der Waals surface area contributed by atoms with Crippen LogP contribution in [0.5, 0.6) is 11.6 Å². The normalized spacial score (nSPS) is 10.0. The fourth-order valence-corrected chi connectivity index (χ4v) is 1.36. The topological polar surface area (TPSA) is 118 Å². The molecule has 0 amide bonds. The van der Waals surface area contributed by atoms with E-state index in [4.69, 9.17) is 0 Å². The van der Waals surface area contributed by atoms with Gasteiger partial charge in [-0.1, -0.05) is 18.2 Å². The van der Waals surface area contributed by atoms with E-state index >= 15 is 0 Å². The Morgan fingerprint density at radius 2 is 1.72 bits per heavy atom. The highest BCUT2D eigenvalue weighted by Gasteiger charge is 2.14. The molecule has 0 aliphatic carbocycles. The highest BCUT2D eigenvalue weighted by Crippen LogP contribution is 2.29. The van der Waals surface area contributed by atoms with Crippen LogP contribution in [0.4, 0.5) is 0 Å². The van der Waals surface area contributed by atoms with Crippen LogP contribution in [-0.2, 0) is 0 Å². The van der Waals surface area contributed by atoms with Crippen LogP contribution in [0.2, 0.25) is 0 Å². The molecule has 0 spiro atoms. The molecule has 1 aromatic heterocycles. The maximum Gasteiger partial charge on any atom is 0.301 e. The SMILES string of the molecule is O=[N+]([O-])Oc1cc2ccccc2nc1O[N+](=O)[O-]. The highest BCUT2D eigenvalue weighted by atomic mass is 17.0. The third-order valence-electron chi connectivity index (χ3n) is 1.99. The third-order valence-corrected chi connectivity index (χ3v) is 1.99. The third kappa shape index (κ3) is 2.40. The van der Waals surface area contributed by atoms with Crippen molar-refractivity contribution in [3.63, 3.8) is 0 Å². The first-order chi connectivity index (χ1) is 8.56. The number of para-hydroxylation sites is 1. The molecule has 0 aliphatic heterocycles. The Morgan fingerprint density at radius 3 is 2.39 bits per heavy atom. The van der Waals surface area contributed by atoms with E-state index in [-0.39, 0.29) is 0 Å². The number of fused-ring (bicyclic) bond motifs is 1. The minimum Gasteiger partial charge on any atom is -0.272 e. The van der Waals surface area contributed by atoms with Gasteiger partial charge < -0.3 is 0 Å². The smallest absolute Gasteiger partial charge is 0.272 e. The minimum absolute atomic E-state index is 0.394. The molecule has 18 heavy (non-hydrogen) atoms. The van der Waals surface area contributed by atoms with E-state index in [0.717, 1.165) is 0 Å². The van der Waals surface area contributed by atoms with Crippen molar-refractivity contribution in [2.24, 2.45) is 0 Å².